The molecule has 6 heteroatoms. The Morgan fingerprint density at radius 2 is 1.94 bits per heavy atom. The topological polar surface area (TPSA) is 94.8 Å². The summed E-state index contributed by atoms with van der Waals surface area (Å²) in [7, 11) is 0. The van der Waals surface area contributed by atoms with Gasteiger partial charge in [-0.05, 0) is 40.6 Å². The highest BCUT2D eigenvalue weighted by molar-refractivity contribution is 14.1. The minimum absolute atomic E-state index is 0.0247. The molecule has 92 valence electrons. The number of benzene rings is 1. The number of carbonyl (C=O) groups is 2. The Bertz CT molecular complexity index is 443. The summed E-state index contributed by atoms with van der Waals surface area (Å²) in [5, 5.41) is 26.6. The molecular weight excluding hydrogens is 339 g/mol. The number of carboxylic acid groups (broad SMARTS) is 2. The molecule has 17 heavy (non-hydrogen) atoms. The van der Waals surface area contributed by atoms with Crippen molar-refractivity contribution in [1.29, 1.82) is 0 Å². The molecule has 0 fully saturated rings. The molecule has 1 rings (SSSR count). The minimum atomic E-state index is -1.55. The lowest BCUT2D eigenvalue weighted by molar-refractivity contribution is -0.147. The fraction of sp³-hybridized carbons (Fsp3) is 0.273. The van der Waals surface area contributed by atoms with Crippen molar-refractivity contribution in [2.75, 3.05) is 0 Å². The van der Waals surface area contributed by atoms with E-state index in [-0.39, 0.29) is 6.42 Å². The molecule has 0 aliphatic carbocycles. The van der Waals surface area contributed by atoms with Gasteiger partial charge >= 0.3 is 11.9 Å². The van der Waals surface area contributed by atoms with Gasteiger partial charge in [0.15, 0.2) is 6.10 Å². The van der Waals surface area contributed by atoms with E-state index in [9.17, 15) is 14.7 Å². The summed E-state index contributed by atoms with van der Waals surface area (Å²) >= 11 is 1.92. The molecule has 0 spiro atoms. The Labute approximate surface area is 111 Å². The van der Waals surface area contributed by atoms with E-state index in [4.69, 9.17) is 10.2 Å². The molecule has 0 heterocycles. The summed E-state index contributed by atoms with van der Waals surface area (Å²) < 4.78 is 0.611. The Kier molecular flexibility index (Phi) is 4.88. The second-order valence-corrected chi connectivity index (χ2v) is 4.65. The van der Waals surface area contributed by atoms with E-state index in [1.54, 1.807) is 12.1 Å². The lowest BCUT2D eigenvalue weighted by Crippen LogP contribution is -2.12. The van der Waals surface area contributed by atoms with Crippen LogP contribution in [-0.2, 0) is 16.0 Å². The molecule has 1 unspecified atom stereocenters. The quantitative estimate of drug-likeness (QED) is 0.699. The van der Waals surface area contributed by atoms with Crippen LogP contribution in [0.4, 0.5) is 0 Å². The maximum Gasteiger partial charge on any atom is 0.337 e. The molecule has 0 saturated heterocycles. The standard InChI is InChI=1S/C11H11IO5/c12-8-5-6(2-4-9(13)14)1-3-7(8)10(15)11(16)17/h1,3,5,10,15H,2,4H2,(H,13,14)(H,16,17). The first-order chi connectivity index (χ1) is 7.91. The summed E-state index contributed by atoms with van der Waals surface area (Å²) in [4.78, 5) is 21.0. The number of halogens is 1. The molecule has 5 nitrogen and oxygen atoms in total. The number of hydrogen-bond acceptors (Lipinski definition) is 3. The van der Waals surface area contributed by atoms with Crippen LogP contribution in [0.2, 0.25) is 0 Å². The largest absolute Gasteiger partial charge is 0.481 e. The second-order valence-electron chi connectivity index (χ2n) is 3.49. The van der Waals surface area contributed by atoms with E-state index in [2.05, 4.69) is 0 Å². The van der Waals surface area contributed by atoms with Gasteiger partial charge in [-0.25, -0.2) is 4.79 Å². The summed E-state index contributed by atoms with van der Waals surface area (Å²) in [5.41, 5.74) is 1.12. The average Bonchev–Trinajstić information content (AvgIpc) is 2.25. The van der Waals surface area contributed by atoms with Crippen molar-refractivity contribution in [3.05, 3.63) is 32.9 Å². The third-order valence-electron chi connectivity index (χ3n) is 2.22. The third-order valence-corrected chi connectivity index (χ3v) is 3.16. The Hall–Kier alpha value is -1.15. The Morgan fingerprint density at radius 3 is 2.41 bits per heavy atom. The highest BCUT2D eigenvalue weighted by atomic mass is 127. The van der Waals surface area contributed by atoms with E-state index >= 15 is 0 Å². The molecule has 0 aliphatic rings. The van der Waals surface area contributed by atoms with Gasteiger partial charge in [-0.3, -0.25) is 4.79 Å². The molecular formula is C11H11IO5. The lowest BCUT2D eigenvalue weighted by Gasteiger charge is -2.09. The van der Waals surface area contributed by atoms with Crippen molar-refractivity contribution in [2.24, 2.45) is 0 Å². The van der Waals surface area contributed by atoms with Crippen LogP contribution in [0, 0.1) is 3.57 Å². The number of carboxylic acids is 2. The van der Waals surface area contributed by atoms with E-state index in [1.165, 1.54) is 6.07 Å². The normalized spacial score (nSPS) is 12.1. The van der Waals surface area contributed by atoms with Crippen LogP contribution in [0.1, 0.15) is 23.7 Å². The Morgan fingerprint density at radius 1 is 1.29 bits per heavy atom. The average molecular weight is 350 g/mol. The van der Waals surface area contributed by atoms with Gasteiger partial charge in [0.2, 0.25) is 0 Å². The zero-order valence-corrected chi connectivity index (χ0v) is 10.9. The second kappa shape index (κ2) is 5.97. The van der Waals surface area contributed by atoms with Gasteiger partial charge in [0.05, 0.1) is 0 Å². The van der Waals surface area contributed by atoms with Crippen molar-refractivity contribution in [3.63, 3.8) is 0 Å². The monoisotopic (exact) mass is 350 g/mol. The lowest BCUT2D eigenvalue weighted by atomic mass is 10.0. The zero-order valence-electron chi connectivity index (χ0n) is 8.76. The fourth-order valence-electron chi connectivity index (χ4n) is 1.33. The molecule has 3 N–H and O–H groups in total. The first-order valence-electron chi connectivity index (χ1n) is 4.83. The van der Waals surface area contributed by atoms with E-state index in [0.29, 0.717) is 15.6 Å². The molecule has 0 radical (unpaired) electrons. The number of aryl methyl sites for hydroxylation is 1. The number of hydrogen-bond donors (Lipinski definition) is 3. The summed E-state index contributed by atoms with van der Waals surface area (Å²) in [6.45, 7) is 0. The number of aliphatic hydroxyl groups excluding tert-OH is 1. The predicted molar refractivity (Wildman–Crippen MR) is 67.7 cm³/mol. The van der Waals surface area contributed by atoms with Gasteiger partial charge in [-0.2, -0.15) is 0 Å². The maximum atomic E-state index is 10.6. The zero-order chi connectivity index (χ0) is 13.0. The summed E-state index contributed by atoms with van der Waals surface area (Å²) in [6, 6.07) is 4.83. The van der Waals surface area contributed by atoms with Crippen LogP contribution in [0.3, 0.4) is 0 Å². The van der Waals surface area contributed by atoms with Gasteiger partial charge in [0.25, 0.3) is 0 Å². The van der Waals surface area contributed by atoms with Crippen LogP contribution in [-0.4, -0.2) is 27.3 Å². The van der Waals surface area contributed by atoms with Gasteiger partial charge in [0, 0.05) is 15.6 Å². The van der Waals surface area contributed by atoms with Crippen molar-refractivity contribution < 1.29 is 24.9 Å². The van der Waals surface area contributed by atoms with E-state index < -0.39 is 18.0 Å². The first-order valence-corrected chi connectivity index (χ1v) is 5.90. The SMILES string of the molecule is O=C(O)CCc1ccc(C(O)C(=O)O)c(I)c1. The van der Waals surface area contributed by atoms with Gasteiger partial charge in [-0.1, -0.05) is 12.1 Å². The maximum absolute atomic E-state index is 10.6. The Balaban J connectivity index is 2.86. The number of aliphatic carboxylic acids is 2. The molecule has 0 saturated carbocycles. The molecule has 0 aromatic heterocycles. The third kappa shape index (κ3) is 3.97. The van der Waals surface area contributed by atoms with Gasteiger partial charge < -0.3 is 15.3 Å². The molecule has 0 amide bonds. The van der Waals surface area contributed by atoms with Crippen molar-refractivity contribution >= 4 is 34.5 Å². The van der Waals surface area contributed by atoms with Crippen molar-refractivity contribution in [2.45, 2.75) is 18.9 Å². The van der Waals surface area contributed by atoms with Crippen molar-refractivity contribution in [3.8, 4) is 0 Å². The highest BCUT2D eigenvalue weighted by Gasteiger charge is 2.18. The van der Waals surface area contributed by atoms with E-state index in [0.717, 1.165) is 5.56 Å². The number of rotatable bonds is 5. The van der Waals surface area contributed by atoms with Crippen molar-refractivity contribution in [1.82, 2.24) is 0 Å². The molecule has 0 bridgehead atoms. The number of aliphatic hydroxyl groups is 1. The van der Waals surface area contributed by atoms with Crippen LogP contribution in [0.5, 0.6) is 0 Å². The predicted octanol–water partition coefficient (Wildman–Crippen LogP) is 1.43. The highest BCUT2D eigenvalue weighted by Crippen LogP contribution is 2.22. The molecule has 0 aliphatic heterocycles. The smallest absolute Gasteiger partial charge is 0.337 e. The fourth-order valence-corrected chi connectivity index (χ4v) is 2.21. The van der Waals surface area contributed by atoms with Gasteiger partial charge in [0.1, 0.15) is 0 Å². The van der Waals surface area contributed by atoms with Crippen LogP contribution in [0.25, 0.3) is 0 Å². The van der Waals surface area contributed by atoms with Crippen LogP contribution < -0.4 is 0 Å². The van der Waals surface area contributed by atoms with Crippen LogP contribution >= 0.6 is 22.6 Å². The summed E-state index contributed by atoms with van der Waals surface area (Å²) in [5.74, 6) is -2.18. The molecule has 1 atom stereocenters. The first kappa shape index (κ1) is 13.9. The summed E-state index contributed by atoms with van der Waals surface area (Å²) in [6.07, 6.45) is -1.14. The molecule has 1 aromatic rings. The van der Waals surface area contributed by atoms with Crippen LogP contribution in [0.15, 0.2) is 18.2 Å². The van der Waals surface area contributed by atoms with Gasteiger partial charge in [-0.15, -0.1) is 0 Å². The molecule has 1 aromatic carbocycles. The minimum Gasteiger partial charge on any atom is -0.481 e. The van der Waals surface area contributed by atoms with E-state index in [1.807, 2.05) is 22.6 Å².